The summed E-state index contributed by atoms with van der Waals surface area (Å²) in [7, 11) is -1.46. The van der Waals surface area contributed by atoms with Gasteiger partial charge in [-0.15, -0.1) is 11.3 Å². The van der Waals surface area contributed by atoms with Crippen molar-refractivity contribution in [3.8, 4) is 0 Å². The number of rotatable bonds is 6. The number of hydrogen-bond acceptors (Lipinski definition) is 4. The zero-order valence-corrected chi connectivity index (χ0v) is 13.9. The Balaban J connectivity index is 2.21. The molecule has 0 aromatic carbocycles. The van der Waals surface area contributed by atoms with Crippen LogP contribution in [-0.2, 0) is 16.6 Å². The van der Waals surface area contributed by atoms with Gasteiger partial charge in [0, 0.05) is 29.4 Å². The molecule has 0 spiro atoms. The minimum absolute atomic E-state index is 0.186. The van der Waals surface area contributed by atoms with E-state index in [1.165, 1.54) is 17.8 Å². The van der Waals surface area contributed by atoms with Gasteiger partial charge in [0.25, 0.3) is 0 Å². The molecule has 1 aromatic heterocycles. The van der Waals surface area contributed by atoms with Crippen LogP contribution in [-0.4, -0.2) is 32.4 Å². The molecule has 0 aliphatic heterocycles. The first-order chi connectivity index (χ1) is 9.59. The Labute approximate surface area is 126 Å². The number of nitrogens with one attached hydrogen (secondary N) is 1. The minimum atomic E-state index is -3.33. The van der Waals surface area contributed by atoms with E-state index in [2.05, 4.69) is 5.32 Å². The lowest BCUT2D eigenvalue weighted by atomic mass is 9.95. The monoisotopic (exact) mass is 316 g/mol. The summed E-state index contributed by atoms with van der Waals surface area (Å²) >= 11 is 1.51. The Hall–Kier alpha value is -0.430. The lowest BCUT2D eigenvalue weighted by Crippen LogP contribution is -2.41. The van der Waals surface area contributed by atoms with Crippen molar-refractivity contribution >= 4 is 21.4 Å². The van der Waals surface area contributed by atoms with Crippen LogP contribution in [0.15, 0.2) is 16.3 Å². The van der Waals surface area contributed by atoms with E-state index in [4.69, 9.17) is 0 Å². The fraction of sp³-hybridized carbons (Fsp3) is 0.714. The van der Waals surface area contributed by atoms with Gasteiger partial charge in [0.05, 0.1) is 4.90 Å². The van der Waals surface area contributed by atoms with Crippen LogP contribution in [0.4, 0.5) is 0 Å². The van der Waals surface area contributed by atoms with Gasteiger partial charge in [0.1, 0.15) is 0 Å². The maximum Gasteiger partial charge on any atom is 0.244 e. The molecule has 1 fully saturated rings. The summed E-state index contributed by atoms with van der Waals surface area (Å²) < 4.78 is 27.3. The third-order valence-corrected chi connectivity index (χ3v) is 6.97. The van der Waals surface area contributed by atoms with Crippen LogP contribution in [0, 0.1) is 0 Å². The maximum atomic E-state index is 12.8. The van der Waals surface area contributed by atoms with Crippen molar-refractivity contribution in [1.29, 1.82) is 0 Å². The molecule has 0 atom stereocenters. The van der Waals surface area contributed by atoms with E-state index < -0.39 is 10.0 Å². The second-order valence-corrected chi connectivity index (χ2v) is 8.17. The van der Waals surface area contributed by atoms with Gasteiger partial charge >= 0.3 is 0 Å². The molecule has 2 rings (SSSR count). The van der Waals surface area contributed by atoms with E-state index >= 15 is 0 Å². The van der Waals surface area contributed by atoms with Crippen LogP contribution in [0.1, 0.15) is 43.9 Å². The molecule has 0 saturated heterocycles. The van der Waals surface area contributed by atoms with Gasteiger partial charge in [-0.25, -0.2) is 8.42 Å². The molecule has 0 amide bonds. The second-order valence-electron chi connectivity index (χ2n) is 5.28. The molecule has 1 saturated carbocycles. The van der Waals surface area contributed by atoms with Crippen LogP contribution >= 0.6 is 11.3 Å². The van der Waals surface area contributed by atoms with Crippen LogP contribution < -0.4 is 5.32 Å². The van der Waals surface area contributed by atoms with Crippen LogP contribution in [0.3, 0.4) is 0 Å². The average Bonchev–Trinajstić information content (AvgIpc) is 2.90. The maximum absolute atomic E-state index is 12.8. The first-order valence-electron chi connectivity index (χ1n) is 7.33. The molecular formula is C14H24N2O2S2. The van der Waals surface area contributed by atoms with E-state index in [9.17, 15) is 8.42 Å². The van der Waals surface area contributed by atoms with Gasteiger partial charge in [0.15, 0.2) is 0 Å². The molecule has 1 N–H and O–H groups in total. The summed E-state index contributed by atoms with van der Waals surface area (Å²) in [5, 5.41) is 4.83. The van der Waals surface area contributed by atoms with Gasteiger partial charge < -0.3 is 5.32 Å². The largest absolute Gasteiger partial charge is 0.315 e. The highest BCUT2D eigenvalue weighted by Gasteiger charge is 2.31. The van der Waals surface area contributed by atoms with Crippen molar-refractivity contribution in [2.45, 2.75) is 56.5 Å². The Morgan fingerprint density at radius 3 is 2.65 bits per heavy atom. The highest BCUT2D eigenvalue weighted by Crippen LogP contribution is 2.29. The van der Waals surface area contributed by atoms with Gasteiger partial charge in [0.2, 0.25) is 10.0 Å². The Morgan fingerprint density at radius 1 is 1.35 bits per heavy atom. The predicted molar refractivity (Wildman–Crippen MR) is 83.5 cm³/mol. The first-order valence-corrected chi connectivity index (χ1v) is 9.65. The fourth-order valence-corrected chi connectivity index (χ4v) is 5.86. The molecule has 1 aliphatic carbocycles. The van der Waals surface area contributed by atoms with Gasteiger partial charge in [-0.3, -0.25) is 0 Å². The number of thiophene rings is 1. The van der Waals surface area contributed by atoms with Gasteiger partial charge in [-0.2, -0.15) is 4.31 Å². The molecule has 1 aliphatic rings. The SMILES string of the molecule is CCN(C1CCCCC1)S(=O)(=O)c1csc(CNC)c1. The third kappa shape index (κ3) is 3.42. The van der Waals surface area contributed by atoms with Crippen molar-refractivity contribution in [2.24, 2.45) is 0 Å². The minimum Gasteiger partial charge on any atom is -0.315 e. The lowest BCUT2D eigenvalue weighted by molar-refractivity contribution is 0.261. The molecule has 114 valence electrons. The zero-order chi connectivity index (χ0) is 14.6. The first kappa shape index (κ1) is 15.9. The normalized spacial score (nSPS) is 17.8. The van der Waals surface area contributed by atoms with E-state index in [1.54, 1.807) is 9.69 Å². The standard InChI is InChI=1S/C14H24N2O2S2/c1-3-16(12-7-5-4-6-8-12)20(17,18)14-9-13(10-15-2)19-11-14/h9,11-12,15H,3-8,10H2,1-2H3. The third-order valence-electron chi connectivity index (χ3n) is 3.88. The summed E-state index contributed by atoms with van der Waals surface area (Å²) in [6.07, 6.45) is 5.52. The lowest BCUT2D eigenvalue weighted by Gasteiger charge is -2.32. The zero-order valence-electron chi connectivity index (χ0n) is 12.3. The average molecular weight is 316 g/mol. The van der Waals surface area contributed by atoms with Crippen molar-refractivity contribution < 1.29 is 8.42 Å². The fourth-order valence-electron chi connectivity index (χ4n) is 2.89. The van der Waals surface area contributed by atoms with E-state index in [-0.39, 0.29) is 6.04 Å². The smallest absolute Gasteiger partial charge is 0.244 e. The molecule has 1 heterocycles. The number of nitrogens with zero attached hydrogens (tertiary/aromatic N) is 1. The molecule has 0 bridgehead atoms. The Morgan fingerprint density at radius 2 is 2.05 bits per heavy atom. The van der Waals surface area contributed by atoms with Crippen LogP contribution in [0.5, 0.6) is 0 Å². The molecule has 0 unspecified atom stereocenters. The molecular weight excluding hydrogens is 292 g/mol. The van der Waals surface area contributed by atoms with Crippen molar-refractivity contribution in [3.05, 3.63) is 16.3 Å². The van der Waals surface area contributed by atoms with E-state index in [0.717, 1.165) is 37.1 Å². The summed E-state index contributed by atoms with van der Waals surface area (Å²) in [6.45, 7) is 3.22. The Kier molecular flexibility index (Phi) is 5.60. The summed E-state index contributed by atoms with van der Waals surface area (Å²) in [6, 6.07) is 1.99. The molecule has 20 heavy (non-hydrogen) atoms. The molecule has 1 aromatic rings. The topological polar surface area (TPSA) is 49.4 Å². The Bertz CT molecular complexity index is 519. The quantitative estimate of drug-likeness (QED) is 0.878. The van der Waals surface area contributed by atoms with E-state index in [1.807, 2.05) is 20.0 Å². The van der Waals surface area contributed by atoms with Crippen molar-refractivity contribution in [1.82, 2.24) is 9.62 Å². The van der Waals surface area contributed by atoms with Crippen LogP contribution in [0.25, 0.3) is 0 Å². The molecule has 6 heteroatoms. The summed E-state index contributed by atoms with van der Waals surface area (Å²) in [5.74, 6) is 0. The van der Waals surface area contributed by atoms with Crippen molar-refractivity contribution in [2.75, 3.05) is 13.6 Å². The summed E-state index contributed by atoms with van der Waals surface area (Å²) in [4.78, 5) is 1.52. The van der Waals surface area contributed by atoms with Gasteiger partial charge in [-0.05, 0) is 26.0 Å². The number of sulfonamides is 1. The summed E-state index contributed by atoms with van der Waals surface area (Å²) in [5.41, 5.74) is 0. The molecule has 0 radical (unpaired) electrons. The van der Waals surface area contributed by atoms with Gasteiger partial charge in [-0.1, -0.05) is 26.2 Å². The van der Waals surface area contributed by atoms with Crippen molar-refractivity contribution in [3.63, 3.8) is 0 Å². The second kappa shape index (κ2) is 7.02. The predicted octanol–water partition coefficient (Wildman–Crippen LogP) is 2.81. The van der Waals surface area contributed by atoms with Crippen LogP contribution in [0.2, 0.25) is 0 Å². The number of hydrogen-bond donors (Lipinski definition) is 1. The van der Waals surface area contributed by atoms with E-state index in [0.29, 0.717) is 11.4 Å². The highest BCUT2D eigenvalue weighted by molar-refractivity contribution is 7.89. The highest BCUT2D eigenvalue weighted by atomic mass is 32.2. The molecule has 4 nitrogen and oxygen atoms in total.